The number of thioether (sulfide) groups is 1. The zero-order chi connectivity index (χ0) is 11.5. The van der Waals surface area contributed by atoms with Crippen molar-refractivity contribution in [2.75, 3.05) is 12.4 Å². The van der Waals surface area contributed by atoms with E-state index in [1.165, 1.54) is 24.2 Å². The Kier molecular flexibility index (Phi) is 3.53. The Morgan fingerprint density at radius 2 is 2.06 bits per heavy atom. The Morgan fingerprint density at radius 1 is 1.18 bits per heavy atom. The first-order valence-electron chi connectivity index (χ1n) is 6.40. The van der Waals surface area contributed by atoms with Crippen LogP contribution < -0.4 is 0 Å². The number of rotatable bonds is 2. The molecule has 0 aromatic heterocycles. The molecule has 2 heterocycles. The lowest BCUT2D eigenvalue weighted by atomic mass is 9.91. The molecule has 0 amide bonds. The summed E-state index contributed by atoms with van der Waals surface area (Å²) in [5, 5.41) is 0.842. The molecule has 0 aliphatic carbocycles. The summed E-state index contributed by atoms with van der Waals surface area (Å²) >= 11 is 2.14. The van der Waals surface area contributed by atoms with E-state index in [1.807, 2.05) is 0 Å². The molecule has 1 aromatic carbocycles. The van der Waals surface area contributed by atoms with Crippen LogP contribution in [0.15, 0.2) is 36.4 Å². The minimum absolute atomic E-state index is 0.337. The van der Waals surface area contributed by atoms with E-state index in [1.54, 1.807) is 0 Å². The summed E-state index contributed by atoms with van der Waals surface area (Å²) in [6.07, 6.45) is 7.36. The Hall–Kier alpha value is -0.730. The number of benzene rings is 1. The van der Waals surface area contributed by atoms with Gasteiger partial charge < -0.3 is 4.74 Å². The molecule has 2 heteroatoms. The molecular formula is C15H18OS. The number of hydrogen-bond donors (Lipinski definition) is 0. The smallest absolute Gasteiger partial charge is 0.0798 e. The average Bonchev–Trinajstić information content (AvgIpc) is 2.86. The number of fused-ring (bicyclic) bond motifs is 1. The van der Waals surface area contributed by atoms with Gasteiger partial charge in [0.15, 0.2) is 0 Å². The predicted molar refractivity (Wildman–Crippen MR) is 74.2 cm³/mol. The van der Waals surface area contributed by atoms with Gasteiger partial charge in [-0.3, -0.25) is 0 Å². The van der Waals surface area contributed by atoms with Gasteiger partial charge in [-0.1, -0.05) is 42.5 Å². The Labute approximate surface area is 107 Å². The van der Waals surface area contributed by atoms with E-state index in [-0.39, 0.29) is 0 Å². The fourth-order valence-electron chi connectivity index (χ4n) is 2.75. The molecule has 1 nitrogen and oxygen atoms in total. The summed E-state index contributed by atoms with van der Waals surface area (Å²) in [5.41, 5.74) is 1.27. The molecule has 0 bridgehead atoms. The van der Waals surface area contributed by atoms with Gasteiger partial charge in [-0.05, 0) is 24.2 Å². The van der Waals surface area contributed by atoms with Crippen molar-refractivity contribution in [3.05, 3.63) is 42.0 Å². The fourth-order valence-corrected chi connectivity index (χ4v) is 4.26. The van der Waals surface area contributed by atoms with Gasteiger partial charge in [-0.25, -0.2) is 0 Å². The zero-order valence-electron chi connectivity index (χ0n) is 9.92. The van der Waals surface area contributed by atoms with Gasteiger partial charge in [-0.2, -0.15) is 11.8 Å². The van der Waals surface area contributed by atoms with E-state index < -0.39 is 0 Å². The van der Waals surface area contributed by atoms with Gasteiger partial charge in [0.1, 0.15) is 0 Å². The third-order valence-electron chi connectivity index (χ3n) is 3.67. The molecule has 90 valence electrons. The first-order chi connectivity index (χ1) is 8.43. The standard InChI is InChI=1S/C15H18OS/c1-2-4-12(5-3-1)6-7-14-13-9-11-17-15(13)8-10-16-14/h1-7,13-15H,8-11H2/b7-6+/t13-,14?,15-/m0/s1. The SMILES string of the molecule is C(=C\C1OCC[C@@H]2SCC[C@@H]12)/c1ccccc1. The maximum absolute atomic E-state index is 5.91. The lowest BCUT2D eigenvalue weighted by Gasteiger charge is -2.31. The highest BCUT2D eigenvalue weighted by Gasteiger charge is 2.36. The molecule has 0 spiro atoms. The molecular weight excluding hydrogens is 228 g/mol. The molecule has 17 heavy (non-hydrogen) atoms. The van der Waals surface area contributed by atoms with Crippen LogP contribution in [0.3, 0.4) is 0 Å². The summed E-state index contributed by atoms with van der Waals surface area (Å²) in [4.78, 5) is 0. The van der Waals surface area contributed by atoms with Crippen molar-refractivity contribution in [3.63, 3.8) is 0 Å². The van der Waals surface area contributed by atoms with Crippen molar-refractivity contribution in [3.8, 4) is 0 Å². The molecule has 0 N–H and O–H groups in total. The van der Waals surface area contributed by atoms with Crippen LogP contribution in [-0.2, 0) is 4.74 Å². The minimum Gasteiger partial charge on any atom is -0.374 e. The summed E-state index contributed by atoms with van der Waals surface area (Å²) in [7, 11) is 0. The molecule has 2 fully saturated rings. The Bertz CT molecular complexity index is 387. The van der Waals surface area contributed by atoms with E-state index >= 15 is 0 Å². The molecule has 2 saturated heterocycles. The van der Waals surface area contributed by atoms with E-state index in [9.17, 15) is 0 Å². The predicted octanol–water partition coefficient (Wildman–Crippen LogP) is 3.61. The lowest BCUT2D eigenvalue weighted by Crippen LogP contribution is -2.34. The van der Waals surface area contributed by atoms with Crippen LogP contribution in [0, 0.1) is 5.92 Å². The van der Waals surface area contributed by atoms with Crippen LogP contribution in [0.5, 0.6) is 0 Å². The van der Waals surface area contributed by atoms with Gasteiger partial charge in [-0.15, -0.1) is 0 Å². The van der Waals surface area contributed by atoms with Crippen molar-refractivity contribution >= 4 is 17.8 Å². The minimum atomic E-state index is 0.337. The van der Waals surface area contributed by atoms with Crippen molar-refractivity contribution in [2.45, 2.75) is 24.2 Å². The first-order valence-corrected chi connectivity index (χ1v) is 7.45. The molecule has 0 saturated carbocycles. The maximum atomic E-state index is 5.91. The summed E-state index contributed by atoms with van der Waals surface area (Å²) in [6, 6.07) is 10.5. The zero-order valence-corrected chi connectivity index (χ0v) is 10.7. The topological polar surface area (TPSA) is 9.23 Å². The van der Waals surface area contributed by atoms with Crippen LogP contribution in [-0.4, -0.2) is 23.7 Å². The van der Waals surface area contributed by atoms with Crippen LogP contribution in [0.1, 0.15) is 18.4 Å². The molecule has 3 atom stereocenters. The summed E-state index contributed by atoms with van der Waals surface area (Å²) in [5.74, 6) is 2.06. The second-order valence-corrected chi connectivity index (χ2v) is 6.10. The first kappa shape index (κ1) is 11.4. The summed E-state index contributed by atoms with van der Waals surface area (Å²) < 4.78 is 5.91. The van der Waals surface area contributed by atoms with E-state index in [2.05, 4.69) is 54.2 Å². The highest BCUT2D eigenvalue weighted by Crippen LogP contribution is 2.40. The molecule has 2 aliphatic heterocycles. The highest BCUT2D eigenvalue weighted by atomic mass is 32.2. The second kappa shape index (κ2) is 5.28. The third kappa shape index (κ3) is 2.58. The lowest BCUT2D eigenvalue weighted by molar-refractivity contribution is 0.0105. The molecule has 2 aliphatic rings. The molecule has 1 unspecified atom stereocenters. The van der Waals surface area contributed by atoms with E-state index in [0.717, 1.165) is 17.8 Å². The van der Waals surface area contributed by atoms with Crippen molar-refractivity contribution in [2.24, 2.45) is 5.92 Å². The monoisotopic (exact) mass is 246 g/mol. The largest absolute Gasteiger partial charge is 0.374 e. The van der Waals surface area contributed by atoms with Crippen LogP contribution >= 0.6 is 11.8 Å². The van der Waals surface area contributed by atoms with Gasteiger partial charge >= 0.3 is 0 Å². The molecule has 0 radical (unpaired) electrons. The number of ether oxygens (including phenoxy) is 1. The Balaban J connectivity index is 1.70. The average molecular weight is 246 g/mol. The van der Waals surface area contributed by atoms with Gasteiger partial charge in [0.05, 0.1) is 6.10 Å². The van der Waals surface area contributed by atoms with Crippen LogP contribution in [0.25, 0.3) is 6.08 Å². The van der Waals surface area contributed by atoms with E-state index in [4.69, 9.17) is 4.74 Å². The fraction of sp³-hybridized carbons (Fsp3) is 0.467. The highest BCUT2D eigenvalue weighted by molar-refractivity contribution is 8.00. The van der Waals surface area contributed by atoms with Crippen molar-refractivity contribution in [1.82, 2.24) is 0 Å². The van der Waals surface area contributed by atoms with Crippen LogP contribution in [0.4, 0.5) is 0 Å². The van der Waals surface area contributed by atoms with Crippen molar-refractivity contribution in [1.29, 1.82) is 0 Å². The van der Waals surface area contributed by atoms with Crippen LogP contribution in [0.2, 0.25) is 0 Å². The van der Waals surface area contributed by atoms with Gasteiger partial charge in [0, 0.05) is 17.8 Å². The summed E-state index contributed by atoms with van der Waals surface area (Å²) in [6.45, 7) is 0.929. The Morgan fingerprint density at radius 3 is 2.94 bits per heavy atom. The quantitative estimate of drug-likeness (QED) is 0.788. The van der Waals surface area contributed by atoms with Gasteiger partial charge in [0.25, 0.3) is 0 Å². The second-order valence-electron chi connectivity index (χ2n) is 4.76. The van der Waals surface area contributed by atoms with Crippen molar-refractivity contribution < 1.29 is 4.74 Å². The molecule has 3 rings (SSSR count). The maximum Gasteiger partial charge on any atom is 0.0798 e. The van der Waals surface area contributed by atoms with E-state index in [0.29, 0.717) is 6.10 Å². The normalized spacial score (nSPS) is 32.8. The molecule has 1 aromatic rings. The third-order valence-corrected chi connectivity index (χ3v) is 5.16. The van der Waals surface area contributed by atoms with Gasteiger partial charge in [0.2, 0.25) is 0 Å². The number of hydrogen-bond acceptors (Lipinski definition) is 2.